The Morgan fingerprint density at radius 3 is 2.62 bits per heavy atom. The fourth-order valence-electron chi connectivity index (χ4n) is 2.90. The van der Waals surface area contributed by atoms with E-state index in [1.165, 1.54) is 12.1 Å². The average molecular weight is 356 g/mol. The van der Waals surface area contributed by atoms with Crippen LogP contribution in [0.25, 0.3) is 0 Å². The summed E-state index contributed by atoms with van der Waals surface area (Å²) in [4.78, 5) is 14.6. The number of amides is 1. The number of benzene rings is 1. The Morgan fingerprint density at radius 2 is 2.00 bits per heavy atom. The zero-order chi connectivity index (χ0) is 17.7. The van der Waals surface area contributed by atoms with Crippen molar-refractivity contribution in [2.75, 3.05) is 25.4 Å². The second-order valence-electron chi connectivity index (χ2n) is 6.49. The quantitative estimate of drug-likeness (QED) is 0.790. The lowest BCUT2D eigenvalue weighted by Crippen LogP contribution is -2.46. The molecule has 0 spiro atoms. The number of carbonyl (C=O) groups is 1. The maximum Gasteiger partial charge on any atom is 0.224 e. The van der Waals surface area contributed by atoms with Gasteiger partial charge in [0, 0.05) is 19.1 Å². The van der Waals surface area contributed by atoms with Crippen LogP contribution in [0.15, 0.2) is 29.2 Å². The molecule has 1 saturated heterocycles. The van der Waals surface area contributed by atoms with Crippen LogP contribution < -0.4 is 5.32 Å². The average Bonchev–Trinajstić information content (AvgIpc) is 2.55. The van der Waals surface area contributed by atoms with E-state index in [2.05, 4.69) is 24.1 Å². The van der Waals surface area contributed by atoms with Crippen LogP contribution in [0.5, 0.6) is 0 Å². The predicted molar refractivity (Wildman–Crippen MR) is 90.9 cm³/mol. The highest BCUT2D eigenvalue weighted by Gasteiger charge is 2.27. The summed E-state index contributed by atoms with van der Waals surface area (Å²) in [6.07, 6.45) is 1.81. The highest BCUT2D eigenvalue weighted by atomic mass is 32.2. The molecule has 0 unspecified atom stereocenters. The topological polar surface area (TPSA) is 66.5 Å². The minimum atomic E-state index is -3.52. The Hall–Kier alpha value is -1.47. The van der Waals surface area contributed by atoms with Crippen molar-refractivity contribution in [1.82, 2.24) is 10.2 Å². The Labute approximate surface area is 143 Å². The smallest absolute Gasteiger partial charge is 0.224 e. The fraction of sp³-hybridized carbons (Fsp3) is 0.588. The Bertz CT molecular complexity index is 659. The lowest BCUT2D eigenvalue weighted by atomic mass is 9.96. The Kier molecular flexibility index (Phi) is 6.34. The van der Waals surface area contributed by atoms with Gasteiger partial charge in [-0.3, -0.25) is 4.79 Å². The van der Waals surface area contributed by atoms with Crippen LogP contribution in [-0.4, -0.2) is 50.7 Å². The third-order valence-corrected chi connectivity index (χ3v) is 6.13. The summed E-state index contributed by atoms with van der Waals surface area (Å²) in [6, 6.07) is 5.13. The first kappa shape index (κ1) is 18.9. The lowest BCUT2D eigenvalue weighted by Gasteiger charge is -2.34. The molecule has 1 fully saturated rings. The molecule has 1 aliphatic rings. The second-order valence-corrected chi connectivity index (χ2v) is 8.60. The number of hydrogen-bond acceptors (Lipinski definition) is 4. The number of halogens is 1. The van der Waals surface area contributed by atoms with E-state index < -0.39 is 15.7 Å². The van der Waals surface area contributed by atoms with Crippen molar-refractivity contribution in [2.24, 2.45) is 5.92 Å². The van der Waals surface area contributed by atoms with Crippen molar-refractivity contribution >= 4 is 15.7 Å². The SMILES string of the molecule is CC(C)N1CCC[C@@H](C(=O)NCCS(=O)(=O)c2ccc(F)cc2)C1. The van der Waals surface area contributed by atoms with E-state index in [0.29, 0.717) is 12.6 Å². The summed E-state index contributed by atoms with van der Waals surface area (Å²) >= 11 is 0. The molecule has 1 aromatic carbocycles. The van der Waals surface area contributed by atoms with E-state index >= 15 is 0 Å². The molecule has 0 radical (unpaired) electrons. The van der Waals surface area contributed by atoms with Gasteiger partial charge in [0.05, 0.1) is 16.6 Å². The van der Waals surface area contributed by atoms with E-state index in [0.717, 1.165) is 31.5 Å². The summed E-state index contributed by atoms with van der Waals surface area (Å²) in [7, 11) is -3.52. The fourth-order valence-corrected chi connectivity index (χ4v) is 4.06. The molecular formula is C17H25FN2O3S. The number of piperidine rings is 1. The third kappa shape index (κ3) is 5.01. The molecule has 1 heterocycles. The van der Waals surface area contributed by atoms with Gasteiger partial charge in [0.1, 0.15) is 5.82 Å². The first-order valence-electron chi connectivity index (χ1n) is 8.29. The minimum absolute atomic E-state index is 0.0662. The van der Waals surface area contributed by atoms with Gasteiger partial charge in [0.15, 0.2) is 9.84 Å². The molecule has 0 aromatic heterocycles. The van der Waals surface area contributed by atoms with E-state index in [-0.39, 0.29) is 29.0 Å². The van der Waals surface area contributed by atoms with Crippen LogP contribution in [0.1, 0.15) is 26.7 Å². The number of nitrogens with zero attached hydrogens (tertiary/aromatic N) is 1. The number of nitrogens with one attached hydrogen (secondary N) is 1. The monoisotopic (exact) mass is 356 g/mol. The molecule has 0 bridgehead atoms. The highest BCUT2D eigenvalue weighted by molar-refractivity contribution is 7.91. The van der Waals surface area contributed by atoms with Crippen molar-refractivity contribution in [3.8, 4) is 0 Å². The normalized spacial score (nSPS) is 19.4. The molecule has 1 aromatic rings. The van der Waals surface area contributed by atoms with Gasteiger partial charge in [-0.2, -0.15) is 0 Å². The molecule has 0 saturated carbocycles. The van der Waals surface area contributed by atoms with Crippen LogP contribution in [0.2, 0.25) is 0 Å². The zero-order valence-electron chi connectivity index (χ0n) is 14.2. The van der Waals surface area contributed by atoms with Gasteiger partial charge in [-0.1, -0.05) is 0 Å². The van der Waals surface area contributed by atoms with Crippen LogP contribution in [0.3, 0.4) is 0 Å². The molecule has 1 amide bonds. The molecule has 0 aliphatic carbocycles. The van der Waals surface area contributed by atoms with Crippen molar-refractivity contribution in [1.29, 1.82) is 0 Å². The Balaban J connectivity index is 1.84. The van der Waals surface area contributed by atoms with E-state index in [4.69, 9.17) is 0 Å². The molecular weight excluding hydrogens is 331 g/mol. The van der Waals surface area contributed by atoms with Gasteiger partial charge in [0.2, 0.25) is 5.91 Å². The molecule has 134 valence electrons. The van der Waals surface area contributed by atoms with Gasteiger partial charge in [0.25, 0.3) is 0 Å². The highest BCUT2D eigenvalue weighted by Crippen LogP contribution is 2.18. The summed E-state index contributed by atoms with van der Waals surface area (Å²) in [6.45, 7) is 6.00. The number of rotatable bonds is 6. The standard InChI is InChI=1S/C17H25FN2O3S/c1-13(2)20-10-3-4-14(12-20)17(21)19-9-11-24(22,23)16-7-5-15(18)6-8-16/h5-8,13-14H,3-4,9-12H2,1-2H3,(H,19,21)/t14-/m1/s1. The second kappa shape index (κ2) is 8.07. The maximum atomic E-state index is 12.9. The summed E-state index contributed by atoms with van der Waals surface area (Å²) in [5.41, 5.74) is 0. The van der Waals surface area contributed by atoms with Gasteiger partial charge < -0.3 is 10.2 Å². The van der Waals surface area contributed by atoms with Crippen LogP contribution in [0.4, 0.5) is 4.39 Å². The van der Waals surface area contributed by atoms with Gasteiger partial charge in [-0.15, -0.1) is 0 Å². The molecule has 1 aliphatic heterocycles. The molecule has 1 N–H and O–H groups in total. The molecule has 2 rings (SSSR count). The molecule has 7 heteroatoms. The minimum Gasteiger partial charge on any atom is -0.355 e. The molecule has 1 atom stereocenters. The van der Waals surface area contributed by atoms with E-state index in [1.54, 1.807) is 0 Å². The first-order valence-corrected chi connectivity index (χ1v) is 9.95. The van der Waals surface area contributed by atoms with Gasteiger partial charge in [-0.05, 0) is 57.5 Å². The number of hydrogen-bond donors (Lipinski definition) is 1. The van der Waals surface area contributed by atoms with Crippen molar-refractivity contribution < 1.29 is 17.6 Å². The number of carbonyl (C=O) groups excluding carboxylic acids is 1. The predicted octanol–water partition coefficient (Wildman–Crippen LogP) is 1.84. The molecule has 5 nitrogen and oxygen atoms in total. The number of sulfone groups is 1. The van der Waals surface area contributed by atoms with E-state index in [1.807, 2.05) is 0 Å². The molecule has 24 heavy (non-hydrogen) atoms. The van der Waals surface area contributed by atoms with Crippen LogP contribution >= 0.6 is 0 Å². The van der Waals surface area contributed by atoms with Gasteiger partial charge >= 0.3 is 0 Å². The lowest BCUT2D eigenvalue weighted by molar-refractivity contribution is -0.126. The van der Waals surface area contributed by atoms with Gasteiger partial charge in [-0.25, -0.2) is 12.8 Å². The van der Waals surface area contributed by atoms with Crippen LogP contribution in [0, 0.1) is 11.7 Å². The van der Waals surface area contributed by atoms with Crippen molar-refractivity contribution in [3.05, 3.63) is 30.1 Å². The summed E-state index contributed by atoms with van der Waals surface area (Å²) in [5.74, 6) is -0.844. The first-order chi connectivity index (χ1) is 11.3. The third-order valence-electron chi connectivity index (χ3n) is 4.40. The van der Waals surface area contributed by atoms with E-state index in [9.17, 15) is 17.6 Å². The Morgan fingerprint density at radius 1 is 1.33 bits per heavy atom. The summed E-state index contributed by atoms with van der Waals surface area (Å²) < 4.78 is 37.2. The summed E-state index contributed by atoms with van der Waals surface area (Å²) in [5, 5.41) is 2.73. The van der Waals surface area contributed by atoms with Crippen molar-refractivity contribution in [2.45, 2.75) is 37.6 Å². The largest absolute Gasteiger partial charge is 0.355 e. The number of likely N-dealkylation sites (tertiary alicyclic amines) is 1. The maximum absolute atomic E-state index is 12.9. The zero-order valence-corrected chi connectivity index (χ0v) is 15.0. The van der Waals surface area contributed by atoms with Crippen molar-refractivity contribution in [3.63, 3.8) is 0 Å². The van der Waals surface area contributed by atoms with Crippen LogP contribution in [-0.2, 0) is 14.6 Å².